The first-order valence-electron chi connectivity index (χ1n) is 10.6. The van der Waals surface area contributed by atoms with E-state index in [1.54, 1.807) is 0 Å². The first-order chi connectivity index (χ1) is 11.6. The van der Waals surface area contributed by atoms with Gasteiger partial charge < -0.3 is 5.73 Å². The van der Waals surface area contributed by atoms with E-state index in [0.717, 1.165) is 12.8 Å². The van der Waals surface area contributed by atoms with Crippen molar-refractivity contribution >= 4 is 0 Å². The Bertz CT molecular complexity index is 296. The normalized spacial score (nSPS) is 12.7. The average Bonchev–Trinajstić information content (AvgIpc) is 2.52. The zero-order valence-corrected chi connectivity index (χ0v) is 17.0. The van der Waals surface area contributed by atoms with Crippen LogP contribution in [-0.4, -0.2) is 5.54 Å². The Kier molecular flexibility index (Phi) is 16.9. The molecule has 0 amide bonds. The van der Waals surface area contributed by atoms with Crippen molar-refractivity contribution in [2.24, 2.45) is 5.73 Å². The lowest BCUT2D eigenvalue weighted by Gasteiger charge is -2.17. The summed E-state index contributed by atoms with van der Waals surface area (Å²) < 4.78 is 0. The van der Waals surface area contributed by atoms with Gasteiger partial charge in [-0.25, -0.2) is 0 Å². The van der Waals surface area contributed by atoms with Gasteiger partial charge in [-0.05, 0) is 52.4 Å². The van der Waals surface area contributed by atoms with Gasteiger partial charge in [-0.3, -0.25) is 0 Å². The third kappa shape index (κ3) is 21.4. The van der Waals surface area contributed by atoms with Crippen LogP contribution in [0.15, 0.2) is 24.3 Å². The Hall–Kier alpha value is -0.560. The van der Waals surface area contributed by atoms with E-state index < -0.39 is 0 Å². The lowest BCUT2D eigenvalue weighted by atomic mass is 9.97. The molecule has 0 rings (SSSR count). The molecule has 0 aromatic carbocycles. The molecule has 0 aliphatic rings. The molecule has 0 atom stereocenters. The van der Waals surface area contributed by atoms with Crippen molar-refractivity contribution in [2.75, 3.05) is 0 Å². The SMILES string of the molecule is CCCCC/C=C\C/C=C\CCCCCCCCCCC(C)(C)N. The Labute approximate surface area is 153 Å². The lowest BCUT2D eigenvalue weighted by Crippen LogP contribution is -2.31. The maximum absolute atomic E-state index is 6.00. The second kappa shape index (κ2) is 17.3. The fourth-order valence-electron chi connectivity index (χ4n) is 2.92. The maximum atomic E-state index is 6.00. The Morgan fingerprint density at radius 2 is 1.08 bits per heavy atom. The van der Waals surface area contributed by atoms with Gasteiger partial charge in [0, 0.05) is 5.54 Å². The molecule has 24 heavy (non-hydrogen) atoms. The third-order valence-corrected chi connectivity index (χ3v) is 4.52. The Balaban J connectivity index is 3.18. The van der Waals surface area contributed by atoms with Crippen molar-refractivity contribution in [2.45, 2.75) is 123 Å². The fraction of sp³-hybridized carbons (Fsp3) is 0.826. The number of unbranched alkanes of at least 4 members (excludes halogenated alkanes) is 11. The Morgan fingerprint density at radius 3 is 1.58 bits per heavy atom. The molecule has 0 fully saturated rings. The predicted octanol–water partition coefficient (Wildman–Crippen LogP) is 7.71. The standard InChI is InChI=1S/C23H45N/c1-4-5-6-7-8-9-10-11-12-13-14-15-16-17-18-19-20-21-22-23(2,3)24/h8-9,11-12H,4-7,10,13-22,24H2,1-3H3/b9-8-,12-11-. The van der Waals surface area contributed by atoms with Crippen LogP contribution in [0.25, 0.3) is 0 Å². The van der Waals surface area contributed by atoms with Gasteiger partial charge in [-0.1, -0.05) is 89.0 Å². The predicted molar refractivity (Wildman–Crippen MR) is 111 cm³/mol. The van der Waals surface area contributed by atoms with E-state index in [1.165, 1.54) is 83.5 Å². The minimum absolute atomic E-state index is 0.0262. The molecular formula is C23H45N. The molecule has 2 N–H and O–H groups in total. The highest BCUT2D eigenvalue weighted by molar-refractivity contribution is 4.92. The summed E-state index contributed by atoms with van der Waals surface area (Å²) in [5.74, 6) is 0. The quantitative estimate of drug-likeness (QED) is 0.214. The van der Waals surface area contributed by atoms with E-state index >= 15 is 0 Å². The van der Waals surface area contributed by atoms with Gasteiger partial charge in [0.05, 0.1) is 0 Å². The van der Waals surface area contributed by atoms with E-state index in [2.05, 4.69) is 45.1 Å². The highest BCUT2D eigenvalue weighted by Crippen LogP contribution is 2.14. The molecule has 0 aliphatic heterocycles. The van der Waals surface area contributed by atoms with Crippen LogP contribution < -0.4 is 5.73 Å². The molecule has 0 unspecified atom stereocenters. The molecule has 1 heteroatoms. The average molecular weight is 336 g/mol. The van der Waals surface area contributed by atoms with E-state index in [-0.39, 0.29) is 5.54 Å². The summed E-state index contributed by atoms with van der Waals surface area (Å²) in [4.78, 5) is 0. The monoisotopic (exact) mass is 335 g/mol. The number of hydrogen-bond donors (Lipinski definition) is 1. The van der Waals surface area contributed by atoms with E-state index in [0.29, 0.717) is 0 Å². The van der Waals surface area contributed by atoms with Gasteiger partial charge in [0.2, 0.25) is 0 Å². The summed E-state index contributed by atoms with van der Waals surface area (Å²) in [7, 11) is 0. The van der Waals surface area contributed by atoms with Crippen molar-refractivity contribution in [1.82, 2.24) is 0 Å². The molecule has 0 bridgehead atoms. The summed E-state index contributed by atoms with van der Waals surface area (Å²) >= 11 is 0. The van der Waals surface area contributed by atoms with Gasteiger partial charge >= 0.3 is 0 Å². The van der Waals surface area contributed by atoms with Crippen molar-refractivity contribution in [1.29, 1.82) is 0 Å². The van der Waals surface area contributed by atoms with Gasteiger partial charge in [-0.2, -0.15) is 0 Å². The maximum Gasteiger partial charge on any atom is 0.00970 e. The van der Waals surface area contributed by atoms with Crippen molar-refractivity contribution in [3.63, 3.8) is 0 Å². The van der Waals surface area contributed by atoms with Crippen LogP contribution >= 0.6 is 0 Å². The molecule has 0 saturated heterocycles. The second-order valence-corrected chi connectivity index (χ2v) is 8.03. The number of rotatable bonds is 17. The number of hydrogen-bond acceptors (Lipinski definition) is 1. The largest absolute Gasteiger partial charge is 0.326 e. The first kappa shape index (κ1) is 23.4. The van der Waals surface area contributed by atoms with Gasteiger partial charge in [-0.15, -0.1) is 0 Å². The van der Waals surface area contributed by atoms with Crippen molar-refractivity contribution < 1.29 is 0 Å². The molecule has 0 aliphatic carbocycles. The molecule has 0 saturated carbocycles. The minimum Gasteiger partial charge on any atom is -0.326 e. The summed E-state index contributed by atoms with van der Waals surface area (Å²) in [5.41, 5.74) is 6.02. The zero-order valence-electron chi connectivity index (χ0n) is 17.0. The van der Waals surface area contributed by atoms with E-state index in [9.17, 15) is 0 Å². The van der Waals surface area contributed by atoms with E-state index in [4.69, 9.17) is 5.73 Å². The Morgan fingerprint density at radius 1 is 0.625 bits per heavy atom. The molecule has 0 spiro atoms. The van der Waals surface area contributed by atoms with Crippen LogP contribution in [0.3, 0.4) is 0 Å². The smallest absolute Gasteiger partial charge is 0.00970 e. The molecule has 0 radical (unpaired) electrons. The van der Waals surface area contributed by atoms with Gasteiger partial charge in [0.25, 0.3) is 0 Å². The molecular weight excluding hydrogens is 290 g/mol. The summed E-state index contributed by atoms with van der Waals surface area (Å²) in [6.07, 6.45) is 29.2. The zero-order chi connectivity index (χ0) is 17.9. The van der Waals surface area contributed by atoms with Crippen molar-refractivity contribution in [3.05, 3.63) is 24.3 Å². The molecule has 0 aromatic rings. The summed E-state index contributed by atoms with van der Waals surface area (Å²) in [5, 5.41) is 0. The van der Waals surface area contributed by atoms with Gasteiger partial charge in [0.1, 0.15) is 0 Å². The molecule has 0 heterocycles. The second-order valence-electron chi connectivity index (χ2n) is 8.03. The highest BCUT2D eigenvalue weighted by Gasteiger charge is 2.08. The van der Waals surface area contributed by atoms with Crippen LogP contribution in [0, 0.1) is 0 Å². The lowest BCUT2D eigenvalue weighted by molar-refractivity contribution is 0.440. The van der Waals surface area contributed by atoms with Crippen LogP contribution in [0.5, 0.6) is 0 Å². The highest BCUT2D eigenvalue weighted by atomic mass is 14.7. The summed E-state index contributed by atoms with van der Waals surface area (Å²) in [6, 6.07) is 0. The molecule has 142 valence electrons. The fourth-order valence-corrected chi connectivity index (χ4v) is 2.92. The van der Waals surface area contributed by atoms with E-state index in [1.807, 2.05) is 0 Å². The van der Waals surface area contributed by atoms with Crippen molar-refractivity contribution in [3.8, 4) is 0 Å². The van der Waals surface area contributed by atoms with Crippen LogP contribution in [0.4, 0.5) is 0 Å². The number of nitrogens with two attached hydrogens (primary N) is 1. The van der Waals surface area contributed by atoms with Crippen LogP contribution in [0.2, 0.25) is 0 Å². The molecule has 1 nitrogen and oxygen atoms in total. The third-order valence-electron chi connectivity index (χ3n) is 4.52. The van der Waals surface area contributed by atoms with Crippen LogP contribution in [-0.2, 0) is 0 Å². The molecule has 0 aromatic heterocycles. The van der Waals surface area contributed by atoms with Crippen LogP contribution in [0.1, 0.15) is 117 Å². The minimum atomic E-state index is 0.0262. The first-order valence-corrected chi connectivity index (χ1v) is 10.6. The van der Waals surface area contributed by atoms with Gasteiger partial charge in [0.15, 0.2) is 0 Å². The topological polar surface area (TPSA) is 26.0 Å². The number of allylic oxidation sites excluding steroid dienone is 4. The summed E-state index contributed by atoms with van der Waals surface area (Å²) in [6.45, 7) is 6.52.